The second-order valence-electron chi connectivity index (χ2n) is 11.9. The van der Waals surface area contributed by atoms with Crippen molar-refractivity contribution >= 4 is 11.9 Å². The van der Waals surface area contributed by atoms with E-state index in [4.69, 9.17) is 15.4 Å². The van der Waals surface area contributed by atoms with E-state index in [0.29, 0.717) is 24.2 Å². The molecule has 0 bridgehead atoms. The summed E-state index contributed by atoms with van der Waals surface area (Å²) in [6, 6.07) is 0.489. The first kappa shape index (κ1) is 27.8. The van der Waals surface area contributed by atoms with Gasteiger partial charge in [0.15, 0.2) is 0 Å². The number of nitrogens with zero attached hydrogens (tertiary/aromatic N) is 2. The summed E-state index contributed by atoms with van der Waals surface area (Å²) in [5.74, 6) is -0.652. The van der Waals surface area contributed by atoms with Gasteiger partial charge in [-0.05, 0) is 57.8 Å². The first-order valence-electron chi connectivity index (χ1n) is 15.4. The average molecular weight is 506 g/mol. The Morgan fingerprint density at radius 3 is 1.28 bits per heavy atom. The summed E-state index contributed by atoms with van der Waals surface area (Å²) in [4.78, 5) is 37.9. The lowest BCUT2D eigenvalue weighted by atomic mass is 9.90. The van der Waals surface area contributed by atoms with Crippen LogP contribution in [-0.2, 0) is 19.3 Å². The molecule has 1 atom stereocenters. The molecule has 0 heterocycles. The van der Waals surface area contributed by atoms with Gasteiger partial charge in [0, 0.05) is 30.6 Å². The SMILES string of the molecule is N[C@@H](CCC(=O)ON(C1CCCCC1)C1CCCCC1)C(=O)ON(C1CCCCC1)C1CCCCC1. The van der Waals surface area contributed by atoms with Gasteiger partial charge in [-0.2, -0.15) is 0 Å². The molecule has 0 spiro atoms. The highest BCUT2D eigenvalue weighted by Crippen LogP contribution is 2.32. The average Bonchev–Trinajstić information content (AvgIpc) is 2.95. The van der Waals surface area contributed by atoms with Crippen molar-refractivity contribution in [2.75, 3.05) is 0 Å². The van der Waals surface area contributed by atoms with Gasteiger partial charge in [-0.25, -0.2) is 4.79 Å². The molecule has 0 radical (unpaired) electrons. The summed E-state index contributed by atoms with van der Waals surface area (Å²) >= 11 is 0. The second-order valence-corrected chi connectivity index (χ2v) is 11.9. The Hall–Kier alpha value is -1.18. The van der Waals surface area contributed by atoms with E-state index in [9.17, 15) is 9.59 Å². The van der Waals surface area contributed by atoms with Crippen molar-refractivity contribution in [2.45, 2.75) is 171 Å². The van der Waals surface area contributed by atoms with Gasteiger partial charge in [0.05, 0.1) is 0 Å². The van der Waals surface area contributed by atoms with Crippen molar-refractivity contribution in [1.29, 1.82) is 0 Å². The molecule has 7 nitrogen and oxygen atoms in total. The lowest BCUT2D eigenvalue weighted by Gasteiger charge is -2.40. The van der Waals surface area contributed by atoms with Crippen LogP contribution in [0.1, 0.15) is 141 Å². The molecule has 7 heteroatoms. The van der Waals surface area contributed by atoms with E-state index in [0.717, 1.165) is 51.4 Å². The third-order valence-corrected chi connectivity index (χ3v) is 9.10. The fourth-order valence-corrected chi connectivity index (χ4v) is 6.96. The monoisotopic (exact) mass is 505 g/mol. The zero-order valence-corrected chi connectivity index (χ0v) is 22.5. The molecule has 4 fully saturated rings. The van der Waals surface area contributed by atoms with E-state index in [-0.39, 0.29) is 18.8 Å². The molecular formula is C29H51N3O4. The Bertz CT molecular complexity index is 629. The minimum absolute atomic E-state index is 0.152. The molecule has 0 aromatic heterocycles. The lowest BCUT2D eigenvalue weighted by Crippen LogP contribution is -2.49. The van der Waals surface area contributed by atoms with Gasteiger partial charge in [-0.3, -0.25) is 4.79 Å². The molecule has 0 saturated heterocycles. The fourth-order valence-electron chi connectivity index (χ4n) is 6.96. The second kappa shape index (κ2) is 14.7. The molecule has 0 aliphatic heterocycles. The number of carbonyl (C=O) groups is 2. The topological polar surface area (TPSA) is 85.1 Å². The molecule has 0 unspecified atom stereocenters. The number of hydroxylamine groups is 4. The van der Waals surface area contributed by atoms with E-state index in [2.05, 4.69) is 5.06 Å². The summed E-state index contributed by atoms with van der Waals surface area (Å²) < 4.78 is 0. The zero-order chi connectivity index (χ0) is 25.2. The van der Waals surface area contributed by atoms with E-state index in [1.165, 1.54) is 77.0 Å². The number of rotatable bonds is 10. The van der Waals surface area contributed by atoms with Crippen molar-refractivity contribution in [1.82, 2.24) is 10.1 Å². The molecule has 2 N–H and O–H groups in total. The number of hydrogen-bond acceptors (Lipinski definition) is 7. The van der Waals surface area contributed by atoms with Crippen LogP contribution in [0.25, 0.3) is 0 Å². The maximum Gasteiger partial charge on any atom is 0.341 e. The standard InChI is InChI=1S/C29H51N3O4/c30-27(29(34)36-32(25-17-9-3-10-18-25)26-19-11-4-12-20-26)21-22-28(33)35-31(23-13-5-1-6-14-23)24-15-7-2-8-16-24/h23-27H,1-22,30H2/t27-/m0/s1. The smallest absolute Gasteiger partial charge is 0.341 e. The van der Waals surface area contributed by atoms with Crippen molar-refractivity contribution in [3.63, 3.8) is 0 Å². The van der Waals surface area contributed by atoms with Crippen LogP contribution in [0.3, 0.4) is 0 Å². The van der Waals surface area contributed by atoms with Crippen LogP contribution in [0.4, 0.5) is 0 Å². The first-order valence-corrected chi connectivity index (χ1v) is 15.4. The Morgan fingerprint density at radius 2 is 0.917 bits per heavy atom. The van der Waals surface area contributed by atoms with Crippen molar-refractivity contribution in [2.24, 2.45) is 5.73 Å². The molecule has 0 amide bonds. The van der Waals surface area contributed by atoms with Gasteiger partial charge in [-0.1, -0.05) is 77.0 Å². The van der Waals surface area contributed by atoms with Crippen LogP contribution in [0, 0.1) is 0 Å². The van der Waals surface area contributed by atoms with Crippen molar-refractivity contribution in [3.05, 3.63) is 0 Å². The quantitative estimate of drug-likeness (QED) is 0.367. The van der Waals surface area contributed by atoms with Crippen molar-refractivity contribution in [3.8, 4) is 0 Å². The van der Waals surface area contributed by atoms with Crippen LogP contribution in [0.15, 0.2) is 0 Å². The molecule has 4 aliphatic rings. The van der Waals surface area contributed by atoms with E-state index < -0.39 is 12.0 Å². The van der Waals surface area contributed by atoms with Crippen LogP contribution >= 0.6 is 0 Å². The zero-order valence-electron chi connectivity index (χ0n) is 22.5. The van der Waals surface area contributed by atoms with Gasteiger partial charge in [0.25, 0.3) is 0 Å². The predicted molar refractivity (Wildman–Crippen MR) is 141 cm³/mol. The van der Waals surface area contributed by atoms with Crippen LogP contribution in [0.2, 0.25) is 0 Å². The molecule has 36 heavy (non-hydrogen) atoms. The lowest BCUT2D eigenvalue weighted by molar-refractivity contribution is -0.226. The Kier molecular flexibility index (Phi) is 11.4. The molecule has 0 aromatic carbocycles. The van der Waals surface area contributed by atoms with Gasteiger partial charge >= 0.3 is 11.9 Å². The number of hydrogen-bond donors (Lipinski definition) is 1. The van der Waals surface area contributed by atoms with Gasteiger partial charge in [-0.15, -0.1) is 10.1 Å². The minimum atomic E-state index is -0.801. The summed E-state index contributed by atoms with van der Waals surface area (Å²) in [7, 11) is 0. The minimum Gasteiger partial charge on any atom is -0.367 e. The Labute approximate surface area is 218 Å². The normalized spacial score (nSPS) is 24.6. The van der Waals surface area contributed by atoms with Crippen LogP contribution < -0.4 is 5.73 Å². The first-order chi connectivity index (χ1) is 17.6. The molecule has 4 saturated carbocycles. The van der Waals surface area contributed by atoms with E-state index in [1.54, 1.807) is 0 Å². The molecular weight excluding hydrogens is 454 g/mol. The Balaban J connectivity index is 1.28. The summed E-state index contributed by atoms with van der Waals surface area (Å²) in [5.41, 5.74) is 6.27. The van der Waals surface area contributed by atoms with Crippen LogP contribution in [0.5, 0.6) is 0 Å². The highest BCUT2D eigenvalue weighted by atomic mass is 16.7. The number of carbonyl (C=O) groups excluding carboxylic acids is 2. The van der Waals surface area contributed by atoms with Gasteiger partial charge in [0.2, 0.25) is 0 Å². The molecule has 4 rings (SSSR count). The largest absolute Gasteiger partial charge is 0.367 e. The third kappa shape index (κ3) is 8.16. The van der Waals surface area contributed by atoms with Crippen LogP contribution in [-0.4, -0.2) is 52.3 Å². The summed E-state index contributed by atoms with van der Waals surface area (Å²) in [5, 5.41) is 4.07. The van der Waals surface area contributed by atoms with Gasteiger partial charge in [0.1, 0.15) is 6.04 Å². The maximum atomic E-state index is 13.0. The van der Waals surface area contributed by atoms with E-state index in [1.807, 2.05) is 5.06 Å². The van der Waals surface area contributed by atoms with Gasteiger partial charge < -0.3 is 15.4 Å². The van der Waals surface area contributed by atoms with Crippen molar-refractivity contribution < 1.29 is 19.3 Å². The highest BCUT2D eigenvalue weighted by Gasteiger charge is 2.35. The Morgan fingerprint density at radius 1 is 0.583 bits per heavy atom. The maximum absolute atomic E-state index is 13.0. The number of nitrogens with two attached hydrogens (primary N) is 1. The predicted octanol–water partition coefficient (Wildman–Crippen LogP) is 5.95. The van der Waals surface area contributed by atoms with E-state index >= 15 is 0 Å². The summed E-state index contributed by atoms with van der Waals surface area (Å²) in [6.07, 6.45) is 23.9. The third-order valence-electron chi connectivity index (χ3n) is 9.10. The summed E-state index contributed by atoms with van der Waals surface area (Å²) in [6.45, 7) is 0. The fraction of sp³-hybridized carbons (Fsp3) is 0.931. The molecule has 0 aromatic rings. The molecule has 206 valence electrons. The molecule has 4 aliphatic carbocycles. The highest BCUT2D eigenvalue weighted by molar-refractivity contribution is 5.76.